The van der Waals surface area contributed by atoms with Gasteiger partial charge in [-0.2, -0.15) is 9.97 Å². The summed E-state index contributed by atoms with van der Waals surface area (Å²) in [6.07, 6.45) is 0. The lowest BCUT2D eigenvalue weighted by atomic mass is 10.1. The standard InChI is InChI=1S/C27H26N6OS/c1-18-10-11-23(34-18)13-28-27(35)31-26-29-24(32-14-19-6-2-3-7-20(19)15-32)12-25(30-26)33-16-21-8-4-5-9-22(21)17-33/h2-12H,13-17H2,1H3,(H2,28,29,30,31,35). The summed E-state index contributed by atoms with van der Waals surface area (Å²) < 4.78 is 5.62. The molecule has 0 radical (unpaired) electrons. The highest BCUT2D eigenvalue weighted by Gasteiger charge is 2.25. The van der Waals surface area contributed by atoms with E-state index in [9.17, 15) is 0 Å². The maximum atomic E-state index is 5.62. The predicted octanol–water partition coefficient (Wildman–Crippen LogP) is 4.91. The maximum absolute atomic E-state index is 5.62. The average Bonchev–Trinajstić information content (AvgIpc) is 3.60. The number of hydrogen-bond acceptors (Lipinski definition) is 6. The van der Waals surface area contributed by atoms with Crippen LogP contribution in [0.15, 0.2) is 71.1 Å². The summed E-state index contributed by atoms with van der Waals surface area (Å²) >= 11 is 5.54. The minimum Gasteiger partial charge on any atom is -0.465 e. The van der Waals surface area contributed by atoms with E-state index < -0.39 is 0 Å². The Balaban J connectivity index is 1.25. The minimum atomic E-state index is 0.455. The number of benzene rings is 2. The number of thiocarbonyl (C=S) groups is 1. The van der Waals surface area contributed by atoms with E-state index in [2.05, 4.69) is 75.0 Å². The van der Waals surface area contributed by atoms with Gasteiger partial charge in [-0.25, -0.2) is 0 Å². The Morgan fingerprint density at radius 3 is 1.80 bits per heavy atom. The monoisotopic (exact) mass is 482 g/mol. The van der Waals surface area contributed by atoms with Gasteiger partial charge in [-0.15, -0.1) is 0 Å². The average molecular weight is 483 g/mol. The third kappa shape index (κ3) is 4.57. The highest BCUT2D eigenvalue weighted by atomic mass is 32.1. The van der Waals surface area contributed by atoms with Crippen LogP contribution in [0, 0.1) is 6.92 Å². The zero-order chi connectivity index (χ0) is 23.8. The predicted molar refractivity (Wildman–Crippen MR) is 141 cm³/mol. The zero-order valence-corrected chi connectivity index (χ0v) is 20.3. The lowest BCUT2D eigenvalue weighted by Gasteiger charge is -2.22. The van der Waals surface area contributed by atoms with Crippen molar-refractivity contribution in [3.8, 4) is 0 Å². The molecule has 0 aliphatic carbocycles. The van der Waals surface area contributed by atoms with Gasteiger partial charge in [0, 0.05) is 32.2 Å². The minimum absolute atomic E-state index is 0.455. The van der Waals surface area contributed by atoms with Crippen LogP contribution in [0.25, 0.3) is 0 Å². The molecule has 2 aromatic carbocycles. The van der Waals surface area contributed by atoms with Crippen LogP contribution < -0.4 is 20.4 Å². The molecule has 0 amide bonds. The van der Waals surface area contributed by atoms with Crippen LogP contribution >= 0.6 is 12.2 Å². The molecule has 176 valence electrons. The maximum Gasteiger partial charge on any atom is 0.232 e. The lowest BCUT2D eigenvalue weighted by molar-refractivity contribution is 0.478. The summed E-state index contributed by atoms with van der Waals surface area (Å²) in [6, 6.07) is 23.1. The van der Waals surface area contributed by atoms with Gasteiger partial charge in [0.15, 0.2) is 5.11 Å². The van der Waals surface area contributed by atoms with E-state index >= 15 is 0 Å². The summed E-state index contributed by atoms with van der Waals surface area (Å²) in [6.45, 7) is 5.72. The van der Waals surface area contributed by atoms with E-state index in [1.54, 1.807) is 0 Å². The highest BCUT2D eigenvalue weighted by Crippen LogP contribution is 2.32. The fraction of sp³-hybridized carbons (Fsp3) is 0.222. The molecule has 2 N–H and O–H groups in total. The molecule has 0 unspecified atom stereocenters. The Kier molecular flexibility index (Phi) is 5.58. The van der Waals surface area contributed by atoms with Crippen molar-refractivity contribution in [2.45, 2.75) is 39.6 Å². The fourth-order valence-electron chi connectivity index (χ4n) is 4.69. The van der Waals surface area contributed by atoms with Gasteiger partial charge >= 0.3 is 0 Å². The molecular formula is C27H26N6OS. The Morgan fingerprint density at radius 1 is 0.829 bits per heavy atom. The fourth-order valence-corrected chi connectivity index (χ4v) is 4.85. The van der Waals surface area contributed by atoms with E-state index in [0.29, 0.717) is 17.6 Å². The van der Waals surface area contributed by atoms with Gasteiger partial charge in [-0.3, -0.25) is 0 Å². The molecule has 0 spiro atoms. The summed E-state index contributed by atoms with van der Waals surface area (Å²) in [4.78, 5) is 14.3. The van der Waals surface area contributed by atoms with Crippen LogP contribution in [0.1, 0.15) is 33.8 Å². The molecule has 0 atom stereocenters. The van der Waals surface area contributed by atoms with E-state index in [1.807, 2.05) is 19.1 Å². The van der Waals surface area contributed by atoms with Gasteiger partial charge in [-0.05, 0) is 53.5 Å². The first-order chi connectivity index (χ1) is 17.1. The number of aryl methyl sites for hydroxylation is 1. The first-order valence-corrected chi connectivity index (χ1v) is 12.1. The van der Waals surface area contributed by atoms with Gasteiger partial charge in [0.05, 0.1) is 6.54 Å². The normalized spacial score (nSPS) is 14.1. The first-order valence-electron chi connectivity index (χ1n) is 11.7. The van der Waals surface area contributed by atoms with Gasteiger partial charge in [0.25, 0.3) is 0 Å². The number of furan rings is 1. The number of fused-ring (bicyclic) bond motifs is 2. The van der Waals surface area contributed by atoms with Crippen LogP contribution in [0.5, 0.6) is 0 Å². The summed E-state index contributed by atoms with van der Waals surface area (Å²) in [5.74, 6) is 3.95. The van der Waals surface area contributed by atoms with Crippen molar-refractivity contribution in [2.24, 2.45) is 0 Å². The summed E-state index contributed by atoms with van der Waals surface area (Å²) in [7, 11) is 0. The second kappa shape index (κ2) is 9.03. The van der Waals surface area contributed by atoms with Crippen molar-refractivity contribution in [1.29, 1.82) is 0 Å². The quantitative estimate of drug-likeness (QED) is 0.389. The molecule has 4 aromatic rings. The molecule has 6 rings (SSSR count). The zero-order valence-electron chi connectivity index (χ0n) is 19.5. The van der Waals surface area contributed by atoms with Gasteiger partial charge < -0.3 is 24.9 Å². The molecule has 2 aromatic heterocycles. The number of aromatic nitrogens is 2. The molecule has 2 aliphatic heterocycles. The topological polar surface area (TPSA) is 69.5 Å². The molecule has 2 aliphatic rings. The Hall–Kier alpha value is -3.91. The molecule has 7 nitrogen and oxygen atoms in total. The van der Waals surface area contributed by atoms with Crippen LogP contribution in [0.2, 0.25) is 0 Å². The van der Waals surface area contributed by atoms with E-state index in [1.165, 1.54) is 22.3 Å². The summed E-state index contributed by atoms with van der Waals surface area (Å²) in [5, 5.41) is 6.83. The molecule has 4 heterocycles. The molecular weight excluding hydrogens is 456 g/mol. The molecule has 8 heteroatoms. The number of nitrogens with one attached hydrogen (secondary N) is 2. The molecule has 0 saturated heterocycles. The highest BCUT2D eigenvalue weighted by molar-refractivity contribution is 7.80. The van der Waals surface area contributed by atoms with Crippen LogP contribution in [-0.4, -0.2) is 15.1 Å². The van der Waals surface area contributed by atoms with E-state index in [-0.39, 0.29) is 0 Å². The Labute approximate surface area is 209 Å². The molecule has 35 heavy (non-hydrogen) atoms. The van der Waals surface area contributed by atoms with Gasteiger partial charge in [-0.1, -0.05) is 48.5 Å². The molecule has 0 fully saturated rings. The lowest BCUT2D eigenvalue weighted by Crippen LogP contribution is -2.29. The summed E-state index contributed by atoms with van der Waals surface area (Å²) in [5.41, 5.74) is 5.34. The van der Waals surface area contributed by atoms with E-state index in [0.717, 1.165) is 49.3 Å². The number of nitrogens with zero attached hydrogens (tertiary/aromatic N) is 4. The van der Waals surface area contributed by atoms with Crippen molar-refractivity contribution < 1.29 is 4.42 Å². The van der Waals surface area contributed by atoms with Crippen molar-refractivity contribution in [2.75, 3.05) is 15.1 Å². The number of rotatable bonds is 5. The smallest absolute Gasteiger partial charge is 0.232 e. The second-order valence-electron chi connectivity index (χ2n) is 8.98. The SMILES string of the molecule is Cc1ccc(CNC(=S)Nc2nc(N3Cc4ccccc4C3)cc(N3Cc4ccccc4C3)n2)o1. The number of anilines is 3. The Morgan fingerprint density at radius 2 is 1.34 bits per heavy atom. The van der Waals surface area contributed by atoms with Crippen LogP contribution in [0.3, 0.4) is 0 Å². The molecule has 0 saturated carbocycles. The second-order valence-corrected chi connectivity index (χ2v) is 9.39. The third-order valence-corrected chi connectivity index (χ3v) is 6.72. The van der Waals surface area contributed by atoms with Crippen molar-refractivity contribution in [1.82, 2.24) is 15.3 Å². The van der Waals surface area contributed by atoms with E-state index in [4.69, 9.17) is 26.6 Å². The van der Waals surface area contributed by atoms with Crippen molar-refractivity contribution in [3.63, 3.8) is 0 Å². The number of hydrogen-bond donors (Lipinski definition) is 2. The third-order valence-electron chi connectivity index (χ3n) is 6.47. The van der Waals surface area contributed by atoms with Gasteiger partial charge in [0.2, 0.25) is 5.95 Å². The van der Waals surface area contributed by atoms with Crippen molar-refractivity contribution in [3.05, 3.63) is 101 Å². The van der Waals surface area contributed by atoms with Crippen LogP contribution in [-0.2, 0) is 32.7 Å². The first kappa shape index (κ1) is 21.6. The van der Waals surface area contributed by atoms with Gasteiger partial charge in [0.1, 0.15) is 23.2 Å². The molecule has 0 bridgehead atoms. The van der Waals surface area contributed by atoms with Crippen molar-refractivity contribution >= 4 is 34.9 Å². The van der Waals surface area contributed by atoms with Crippen LogP contribution in [0.4, 0.5) is 17.6 Å². The Bertz CT molecular complexity index is 1280. The largest absolute Gasteiger partial charge is 0.465 e.